The van der Waals surface area contributed by atoms with Crippen LogP contribution in [0.15, 0.2) is 51.1 Å². The summed E-state index contributed by atoms with van der Waals surface area (Å²) in [6.45, 7) is 5.07. The molecule has 3 N–H and O–H groups in total. The highest BCUT2D eigenvalue weighted by molar-refractivity contribution is 7.89. The zero-order chi connectivity index (χ0) is 23.8. The molecule has 3 heterocycles. The predicted octanol–water partition coefficient (Wildman–Crippen LogP) is 1.27. The first kappa shape index (κ1) is 22.7. The summed E-state index contributed by atoms with van der Waals surface area (Å²) in [5.74, 6) is 0.441. The summed E-state index contributed by atoms with van der Waals surface area (Å²) in [5, 5.41) is 9.47. The molecule has 12 heteroatoms. The number of nitrogens with two attached hydrogens (primary N) is 1. The second kappa shape index (κ2) is 8.79. The van der Waals surface area contributed by atoms with Crippen LogP contribution in [0.4, 0.5) is 0 Å². The van der Waals surface area contributed by atoms with Gasteiger partial charge in [-0.15, -0.1) is 0 Å². The van der Waals surface area contributed by atoms with E-state index in [9.17, 15) is 18.0 Å². The molecule has 0 spiro atoms. The lowest BCUT2D eigenvalue weighted by Crippen LogP contribution is -2.40. The number of nitrogens with zero attached hydrogens (tertiary/aromatic N) is 5. The molecule has 174 valence electrons. The smallest absolute Gasteiger partial charge is 0.332 e. The lowest BCUT2D eigenvalue weighted by Gasteiger charge is -2.09. The Labute approximate surface area is 189 Å². The van der Waals surface area contributed by atoms with Crippen molar-refractivity contribution in [3.8, 4) is 11.4 Å². The van der Waals surface area contributed by atoms with Crippen molar-refractivity contribution in [1.29, 1.82) is 0 Å². The minimum Gasteiger partial charge on any atom is -0.332 e. The molecule has 33 heavy (non-hydrogen) atoms. The summed E-state index contributed by atoms with van der Waals surface area (Å²) < 4.78 is 27.3. The van der Waals surface area contributed by atoms with Crippen molar-refractivity contribution in [2.45, 2.75) is 51.2 Å². The maximum atomic E-state index is 12.9. The topological polar surface area (TPSA) is 151 Å². The number of hydrogen-bond donors (Lipinski definition) is 2. The molecule has 1 aromatic carbocycles. The van der Waals surface area contributed by atoms with E-state index in [4.69, 9.17) is 5.14 Å². The van der Waals surface area contributed by atoms with Gasteiger partial charge < -0.3 is 4.98 Å². The highest BCUT2D eigenvalue weighted by Crippen LogP contribution is 2.19. The van der Waals surface area contributed by atoms with Crippen molar-refractivity contribution < 1.29 is 8.42 Å². The van der Waals surface area contributed by atoms with Crippen LogP contribution in [0.2, 0.25) is 0 Å². The van der Waals surface area contributed by atoms with Gasteiger partial charge in [0.2, 0.25) is 10.0 Å². The molecular weight excluding hydrogens is 446 g/mol. The largest absolute Gasteiger partial charge is 0.332 e. The van der Waals surface area contributed by atoms with E-state index in [1.54, 1.807) is 29.2 Å². The number of primary sulfonamides is 1. The highest BCUT2D eigenvalue weighted by Gasteiger charge is 2.18. The second-order valence-corrected chi connectivity index (χ2v) is 9.35. The number of nitrogens with one attached hydrogen (secondary N) is 1. The van der Waals surface area contributed by atoms with Gasteiger partial charge in [0.1, 0.15) is 11.3 Å². The minimum absolute atomic E-state index is 0.0431. The summed E-state index contributed by atoms with van der Waals surface area (Å²) >= 11 is 0. The van der Waals surface area contributed by atoms with Crippen LogP contribution in [-0.2, 0) is 29.7 Å². The van der Waals surface area contributed by atoms with E-state index in [-0.39, 0.29) is 21.7 Å². The third kappa shape index (κ3) is 4.39. The second-order valence-electron chi connectivity index (χ2n) is 7.79. The van der Waals surface area contributed by atoms with Gasteiger partial charge in [0.05, 0.1) is 23.2 Å². The Bertz CT molecular complexity index is 1530. The van der Waals surface area contributed by atoms with Crippen LogP contribution >= 0.6 is 0 Å². The first-order valence-electron chi connectivity index (χ1n) is 10.6. The third-order valence-corrected chi connectivity index (χ3v) is 6.19. The molecule has 4 aromatic rings. The van der Waals surface area contributed by atoms with E-state index < -0.39 is 10.0 Å². The van der Waals surface area contributed by atoms with E-state index in [1.165, 1.54) is 21.3 Å². The zero-order valence-corrected chi connectivity index (χ0v) is 19.2. The van der Waals surface area contributed by atoms with Gasteiger partial charge in [-0.1, -0.05) is 26.0 Å². The molecular formula is C21H25N7O4S. The van der Waals surface area contributed by atoms with E-state index in [2.05, 4.69) is 15.1 Å². The summed E-state index contributed by atoms with van der Waals surface area (Å²) in [4.78, 5) is 33.4. The number of aromatic amines is 1. The molecule has 0 unspecified atom stereocenters. The number of hydrogen-bond acceptors (Lipinski definition) is 6. The molecule has 0 aliphatic carbocycles. The normalized spacial score (nSPS) is 12.0. The summed E-state index contributed by atoms with van der Waals surface area (Å²) in [7, 11) is -3.74. The van der Waals surface area contributed by atoms with Crippen molar-refractivity contribution in [1.82, 2.24) is 28.9 Å². The fraction of sp³-hybridized carbons (Fsp3) is 0.333. The number of fused-ring (bicyclic) bond motifs is 1. The van der Waals surface area contributed by atoms with Gasteiger partial charge in [0.25, 0.3) is 5.56 Å². The van der Waals surface area contributed by atoms with Gasteiger partial charge in [0.15, 0.2) is 5.65 Å². The van der Waals surface area contributed by atoms with E-state index in [0.29, 0.717) is 43.1 Å². The third-order valence-electron chi connectivity index (χ3n) is 5.26. The van der Waals surface area contributed by atoms with Crippen molar-refractivity contribution in [2.24, 2.45) is 5.14 Å². The molecule has 0 atom stereocenters. The summed E-state index contributed by atoms with van der Waals surface area (Å²) in [5.41, 5.74) is 1.38. The number of rotatable bonds is 8. The SMILES string of the molecule is CCCn1c(=O)c2[nH]c(-c3cnn(Cc4ccc(S(N)(=O)=O)cc4)c3)nc2n(CCC)c1=O. The Balaban J connectivity index is 1.69. The van der Waals surface area contributed by atoms with Crippen LogP contribution in [0.25, 0.3) is 22.6 Å². The summed E-state index contributed by atoms with van der Waals surface area (Å²) in [6, 6.07) is 6.23. The van der Waals surface area contributed by atoms with Crippen molar-refractivity contribution in [3.05, 3.63) is 63.1 Å². The highest BCUT2D eigenvalue weighted by atomic mass is 32.2. The van der Waals surface area contributed by atoms with Gasteiger partial charge in [-0.05, 0) is 30.5 Å². The van der Waals surface area contributed by atoms with Gasteiger partial charge >= 0.3 is 5.69 Å². The van der Waals surface area contributed by atoms with Crippen molar-refractivity contribution in [3.63, 3.8) is 0 Å². The van der Waals surface area contributed by atoms with Crippen LogP contribution in [0.3, 0.4) is 0 Å². The molecule has 0 saturated heterocycles. The number of H-pyrrole nitrogens is 1. The van der Waals surface area contributed by atoms with Crippen molar-refractivity contribution >= 4 is 21.2 Å². The molecule has 0 bridgehead atoms. The van der Waals surface area contributed by atoms with Crippen LogP contribution < -0.4 is 16.4 Å². The summed E-state index contributed by atoms with van der Waals surface area (Å²) in [6.07, 6.45) is 4.77. The predicted molar refractivity (Wildman–Crippen MR) is 123 cm³/mol. The lowest BCUT2D eigenvalue weighted by atomic mass is 10.2. The maximum Gasteiger partial charge on any atom is 0.332 e. The van der Waals surface area contributed by atoms with Crippen molar-refractivity contribution in [2.75, 3.05) is 0 Å². The van der Waals surface area contributed by atoms with Crippen LogP contribution in [0.5, 0.6) is 0 Å². The van der Waals surface area contributed by atoms with E-state index in [0.717, 1.165) is 12.0 Å². The average Bonchev–Trinajstić information content (AvgIpc) is 3.41. The Kier molecular flexibility index (Phi) is 6.04. The van der Waals surface area contributed by atoms with Gasteiger partial charge in [0, 0.05) is 19.3 Å². The first-order valence-corrected chi connectivity index (χ1v) is 12.2. The number of aryl methyl sites for hydroxylation is 1. The molecule has 0 aliphatic heterocycles. The van der Waals surface area contributed by atoms with Gasteiger partial charge in [-0.2, -0.15) is 5.10 Å². The van der Waals surface area contributed by atoms with Crippen LogP contribution in [-0.4, -0.2) is 37.3 Å². The molecule has 0 amide bonds. The number of benzene rings is 1. The molecule has 0 radical (unpaired) electrons. The Morgan fingerprint density at radius 1 is 1.03 bits per heavy atom. The Morgan fingerprint density at radius 2 is 1.70 bits per heavy atom. The number of sulfonamides is 1. The first-order chi connectivity index (χ1) is 15.7. The molecule has 0 fully saturated rings. The van der Waals surface area contributed by atoms with Crippen LogP contribution in [0, 0.1) is 0 Å². The maximum absolute atomic E-state index is 12.9. The number of aromatic nitrogens is 6. The Hall–Kier alpha value is -3.51. The number of imidazole rings is 1. The van der Waals surface area contributed by atoms with E-state index >= 15 is 0 Å². The minimum atomic E-state index is -3.74. The Morgan fingerprint density at radius 3 is 2.33 bits per heavy atom. The average molecular weight is 472 g/mol. The molecule has 4 rings (SSSR count). The zero-order valence-electron chi connectivity index (χ0n) is 18.4. The quantitative estimate of drug-likeness (QED) is 0.395. The fourth-order valence-corrected chi connectivity index (χ4v) is 4.21. The monoisotopic (exact) mass is 471 g/mol. The molecule has 0 aliphatic rings. The lowest BCUT2D eigenvalue weighted by molar-refractivity contribution is 0.555. The standard InChI is InChI=1S/C21H25N7O4S/c1-3-9-27-19-17(20(29)28(10-4-2)21(27)30)24-18(25-19)15-11-23-26(13-15)12-14-5-7-16(8-6-14)33(22,31)32/h5-8,11,13H,3-4,9-10,12H2,1-2H3,(H,24,25)(H2,22,31,32). The molecule has 3 aromatic heterocycles. The fourth-order valence-electron chi connectivity index (χ4n) is 3.69. The van der Waals surface area contributed by atoms with Gasteiger partial charge in [-0.25, -0.2) is 23.3 Å². The van der Waals surface area contributed by atoms with Gasteiger partial charge in [-0.3, -0.25) is 18.6 Å². The van der Waals surface area contributed by atoms with Crippen LogP contribution in [0.1, 0.15) is 32.3 Å². The molecule has 0 saturated carbocycles. The molecule has 11 nitrogen and oxygen atoms in total. The van der Waals surface area contributed by atoms with E-state index in [1.807, 2.05) is 13.8 Å².